The van der Waals surface area contributed by atoms with Gasteiger partial charge in [0.1, 0.15) is 36.2 Å². The molecule has 2 atom stereocenters. The van der Waals surface area contributed by atoms with E-state index in [1.54, 1.807) is 0 Å². The number of benzene rings is 1. The maximum atomic E-state index is 14.4. The Bertz CT molecular complexity index is 880. The van der Waals surface area contributed by atoms with Crippen LogP contribution in [-0.2, 0) is 29.2 Å². The molecule has 2 heterocycles. The number of rotatable bonds is 5. The second kappa shape index (κ2) is 7.94. The summed E-state index contributed by atoms with van der Waals surface area (Å²) in [6, 6.07) is 2.80. The summed E-state index contributed by atoms with van der Waals surface area (Å²) in [5, 5.41) is 15.2. The monoisotopic (exact) mass is 412 g/mol. The van der Waals surface area contributed by atoms with Crippen molar-refractivity contribution in [2.75, 3.05) is 0 Å². The zero-order chi connectivity index (χ0) is 18.0. The van der Waals surface area contributed by atoms with E-state index in [-0.39, 0.29) is 34.9 Å². The topological polar surface area (TPSA) is 76.7 Å². The second-order valence-electron chi connectivity index (χ2n) is 5.62. The summed E-state index contributed by atoms with van der Waals surface area (Å²) in [6.45, 7) is 1.26. The summed E-state index contributed by atoms with van der Waals surface area (Å²) in [5.74, 6) is -3.47. The maximum absolute atomic E-state index is 14.4. The van der Waals surface area contributed by atoms with Gasteiger partial charge in [0.25, 0.3) is 0 Å². The van der Waals surface area contributed by atoms with E-state index in [0.717, 1.165) is 24.7 Å². The molecule has 0 amide bonds. The number of nitrogens with zero attached hydrogens (tertiary/aromatic N) is 5. The van der Waals surface area contributed by atoms with Gasteiger partial charge in [0, 0.05) is 34.6 Å². The van der Waals surface area contributed by atoms with Crippen LogP contribution in [0.1, 0.15) is 24.1 Å². The van der Waals surface area contributed by atoms with E-state index < -0.39 is 29.0 Å². The smallest absolute Gasteiger partial charge is 0.163 e. The molecule has 6 nitrogen and oxygen atoms in total. The average Bonchev–Trinajstić information content (AvgIpc) is 3.07. The Balaban J connectivity index is 0.00000243. The molecule has 0 saturated carbocycles. The van der Waals surface area contributed by atoms with Gasteiger partial charge in [-0.1, -0.05) is 13.0 Å². The Kier molecular flexibility index (Phi) is 6.12. The fraction of sp³-hybridized carbons (Fsp3) is 0.250. The Morgan fingerprint density at radius 3 is 2.54 bits per heavy atom. The van der Waals surface area contributed by atoms with Gasteiger partial charge in [-0.25, -0.2) is 32.8 Å². The zero-order valence-corrected chi connectivity index (χ0v) is 14.4. The van der Waals surface area contributed by atoms with Crippen molar-refractivity contribution in [3.63, 3.8) is 0 Å². The Morgan fingerprint density at radius 2 is 1.92 bits per heavy atom. The summed E-state index contributed by atoms with van der Waals surface area (Å²) >= 11 is 0. The van der Waals surface area contributed by atoms with Crippen LogP contribution < -0.4 is 0 Å². The minimum atomic E-state index is -1.96. The first-order chi connectivity index (χ1) is 11.9. The summed E-state index contributed by atoms with van der Waals surface area (Å²) in [4.78, 5) is 11.2. The van der Waals surface area contributed by atoms with Crippen molar-refractivity contribution in [2.24, 2.45) is 0 Å². The van der Waals surface area contributed by atoms with Crippen LogP contribution in [0, 0.1) is 17.5 Å². The van der Waals surface area contributed by atoms with E-state index in [2.05, 4.69) is 20.1 Å². The molecule has 3 aromatic rings. The van der Waals surface area contributed by atoms with Gasteiger partial charge >= 0.3 is 0 Å². The molecule has 0 fully saturated rings. The van der Waals surface area contributed by atoms with Gasteiger partial charge in [-0.05, 0) is 6.07 Å². The van der Waals surface area contributed by atoms with Gasteiger partial charge in [0.15, 0.2) is 5.82 Å². The van der Waals surface area contributed by atoms with Crippen molar-refractivity contribution < 1.29 is 35.3 Å². The third kappa shape index (κ3) is 3.77. The molecular formula is C16H14CuF3N5O. The van der Waals surface area contributed by atoms with Crippen molar-refractivity contribution in [3.05, 3.63) is 72.1 Å². The predicted octanol–water partition coefficient (Wildman–Crippen LogP) is 2.17. The van der Waals surface area contributed by atoms with Crippen LogP contribution in [0.25, 0.3) is 0 Å². The van der Waals surface area contributed by atoms with Gasteiger partial charge in [-0.15, -0.1) is 0 Å². The number of halogens is 3. The van der Waals surface area contributed by atoms with Crippen molar-refractivity contribution in [3.8, 4) is 0 Å². The molecule has 2 aromatic heterocycles. The molecule has 1 N–H and O–H groups in total. The van der Waals surface area contributed by atoms with Gasteiger partial charge < -0.3 is 5.11 Å². The fourth-order valence-corrected chi connectivity index (χ4v) is 2.72. The molecule has 10 heteroatoms. The van der Waals surface area contributed by atoms with Crippen LogP contribution in [0.2, 0.25) is 0 Å². The van der Waals surface area contributed by atoms with Crippen LogP contribution in [0.4, 0.5) is 13.2 Å². The molecule has 0 aliphatic rings. The quantitative estimate of drug-likeness (QED) is 0.650. The van der Waals surface area contributed by atoms with Gasteiger partial charge in [0.2, 0.25) is 0 Å². The standard InChI is InChI=1S/C16H14F3N5O.Cu/c1-10(15-14(19)5-20-7-22-15)16(25,6-24-9-21-8-23-24)12-3-2-11(17)4-13(12)18;/h2-5,7-10,25H,6H2,1H3;. The zero-order valence-electron chi connectivity index (χ0n) is 13.4. The summed E-state index contributed by atoms with van der Waals surface area (Å²) in [6.07, 6.45) is 4.66. The third-order valence-electron chi connectivity index (χ3n) is 4.09. The molecule has 0 saturated heterocycles. The molecule has 141 valence electrons. The van der Waals surface area contributed by atoms with Crippen molar-refractivity contribution in [1.29, 1.82) is 0 Å². The summed E-state index contributed by atoms with van der Waals surface area (Å²) in [7, 11) is 0. The van der Waals surface area contributed by atoms with Gasteiger partial charge in [-0.2, -0.15) is 5.10 Å². The molecule has 1 radical (unpaired) electrons. The summed E-state index contributed by atoms with van der Waals surface area (Å²) in [5.41, 5.74) is -2.25. The SMILES string of the molecule is CC(c1ncncc1F)C(O)(Cn1cncn1)c1ccc(F)cc1F.[Cu]. The maximum Gasteiger partial charge on any atom is 0.163 e. The first-order valence-electron chi connectivity index (χ1n) is 7.37. The van der Waals surface area contributed by atoms with Crippen LogP contribution in [0.3, 0.4) is 0 Å². The predicted molar refractivity (Wildman–Crippen MR) is 80.7 cm³/mol. The first kappa shape index (κ1) is 20.0. The van der Waals surface area contributed by atoms with Crippen LogP contribution in [-0.4, -0.2) is 29.8 Å². The number of hydrogen-bond donors (Lipinski definition) is 1. The van der Waals surface area contributed by atoms with Crippen molar-refractivity contribution >= 4 is 0 Å². The average molecular weight is 413 g/mol. The summed E-state index contributed by atoms with van der Waals surface area (Å²) < 4.78 is 43.0. The minimum Gasteiger partial charge on any atom is -0.382 e. The number of aromatic nitrogens is 5. The Labute approximate surface area is 157 Å². The van der Waals surface area contributed by atoms with Gasteiger partial charge in [0.05, 0.1) is 18.4 Å². The van der Waals surface area contributed by atoms with Crippen molar-refractivity contribution in [1.82, 2.24) is 24.7 Å². The van der Waals surface area contributed by atoms with Gasteiger partial charge in [-0.3, -0.25) is 0 Å². The van der Waals surface area contributed by atoms with E-state index in [4.69, 9.17) is 0 Å². The van der Waals surface area contributed by atoms with E-state index in [1.165, 1.54) is 24.3 Å². The molecule has 0 spiro atoms. The largest absolute Gasteiger partial charge is 0.382 e. The molecule has 0 bridgehead atoms. The van der Waals surface area contributed by atoms with E-state index in [1.807, 2.05) is 0 Å². The molecule has 2 unspecified atom stereocenters. The molecule has 26 heavy (non-hydrogen) atoms. The van der Waals surface area contributed by atoms with Crippen molar-refractivity contribution in [2.45, 2.75) is 25.0 Å². The third-order valence-corrected chi connectivity index (χ3v) is 4.09. The van der Waals surface area contributed by atoms with E-state index >= 15 is 0 Å². The van der Waals surface area contributed by atoms with E-state index in [0.29, 0.717) is 6.07 Å². The molecule has 3 rings (SSSR count). The fourth-order valence-electron chi connectivity index (χ4n) is 2.72. The second-order valence-corrected chi connectivity index (χ2v) is 5.62. The van der Waals surface area contributed by atoms with Crippen LogP contribution in [0.5, 0.6) is 0 Å². The Hall–Kier alpha value is -2.29. The molecular weight excluding hydrogens is 399 g/mol. The molecule has 1 aromatic carbocycles. The van der Waals surface area contributed by atoms with Crippen LogP contribution >= 0.6 is 0 Å². The number of aliphatic hydroxyl groups is 1. The first-order valence-corrected chi connectivity index (χ1v) is 7.37. The molecule has 0 aliphatic heterocycles. The normalized spacial score (nSPS) is 14.3. The van der Waals surface area contributed by atoms with Crippen LogP contribution in [0.15, 0.2) is 43.4 Å². The molecule has 0 aliphatic carbocycles. The number of hydrogen-bond acceptors (Lipinski definition) is 5. The Morgan fingerprint density at radius 1 is 1.15 bits per heavy atom. The van der Waals surface area contributed by atoms with E-state index in [9.17, 15) is 18.3 Å². The minimum absolute atomic E-state index is 0.